The maximum Gasteiger partial charge on any atom is 0.137 e. The quantitative estimate of drug-likeness (QED) is 0.835. The number of nitrogens with one attached hydrogen (secondary N) is 1. The van der Waals surface area contributed by atoms with Gasteiger partial charge in [-0.15, -0.1) is 0 Å². The Kier molecular flexibility index (Phi) is 6.52. The standard InChI is InChI=1S/C13H19BrFNS/c1-9(17-3)6-7-16-10(2)11-4-5-13(15)12(14)8-11/h4-5,8-10,16H,6-7H2,1-3H3. The number of thioether (sulfide) groups is 1. The van der Waals surface area contributed by atoms with Crippen molar-refractivity contribution in [1.29, 1.82) is 0 Å². The Bertz CT molecular complexity index is 359. The van der Waals surface area contributed by atoms with Crippen LogP contribution in [0.25, 0.3) is 0 Å². The monoisotopic (exact) mass is 319 g/mol. The maximum atomic E-state index is 13.1. The lowest BCUT2D eigenvalue weighted by molar-refractivity contribution is 0.555. The third-order valence-electron chi connectivity index (χ3n) is 2.85. The van der Waals surface area contributed by atoms with Crippen molar-refractivity contribution in [3.8, 4) is 0 Å². The number of hydrogen-bond acceptors (Lipinski definition) is 2. The molecular formula is C13H19BrFNS. The van der Waals surface area contributed by atoms with Crippen LogP contribution in [0.1, 0.15) is 31.9 Å². The molecule has 2 unspecified atom stereocenters. The molecule has 96 valence electrons. The summed E-state index contributed by atoms with van der Waals surface area (Å²) >= 11 is 5.09. The van der Waals surface area contributed by atoms with E-state index in [1.54, 1.807) is 0 Å². The van der Waals surface area contributed by atoms with Gasteiger partial charge in [0.2, 0.25) is 0 Å². The van der Waals surface area contributed by atoms with E-state index in [-0.39, 0.29) is 11.9 Å². The molecular weight excluding hydrogens is 301 g/mol. The van der Waals surface area contributed by atoms with Gasteiger partial charge in [0.15, 0.2) is 0 Å². The second kappa shape index (κ2) is 7.39. The van der Waals surface area contributed by atoms with E-state index >= 15 is 0 Å². The van der Waals surface area contributed by atoms with Gasteiger partial charge in [-0.3, -0.25) is 0 Å². The maximum absolute atomic E-state index is 13.1. The molecule has 1 aromatic carbocycles. The third-order valence-corrected chi connectivity index (χ3v) is 4.50. The van der Waals surface area contributed by atoms with Gasteiger partial charge in [0, 0.05) is 11.3 Å². The molecule has 0 fully saturated rings. The molecule has 0 saturated carbocycles. The van der Waals surface area contributed by atoms with Crippen molar-refractivity contribution in [1.82, 2.24) is 5.32 Å². The molecule has 17 heavy (non-hydrogen) atoms. The van der Waals surface area contributed by atoms with E-state index < -0.39 is 0 Å². The second-order valence-corrected chi connectivity index (χ2v) is 6.31. The first kappa shape index (κ1) is 15.0. The van der Waals surface area contributed by atoms with E-state index in [0.717, 1.165) is 18.5 Å². The minimum absolute atomic E-state index is 0.211. The minimum Gasteiger partial charge on any atom is -0.310 e. The molecule has 1 aromatic rings. The fraction of sp³-hybridized carbons (Fsp3) is 0.538. The molecule has 0 heterocycles. The Morgan fingerprint density at radius 2 is 2.12 bits per heavy atom. The number of benzene rings is 1. The predicted octanol–water partition coefficient (Wildman–Crippen LogP) is 4.38. The summed E-state index contributed by atoms with van der Waals surface area (Å²) in [5.41, 5.74) is 1.11. The summed E-state index contributed by atoms with van der Waals surface area (Å²) in [7, 11) is 0. The van der Waals surface area contributed by atoms with E-state index in [2.05, 4.69) is 41.3 Å². The molecule has 0 amide bonds. The normalized spacial score (nSPS) is 14.6. The fourth-order valence-electron chi connectivity index (χ4n) is 1.52. The van der Waals surface area contributed by atoms with Crippen molar-refractivity contribution in [3.05, 3.63) is 34.1 Å². The van der Waals surface area contributed by atoms with Crippen LogP contribution in [-0.2, 0) is 0 Å². The number of rotatable bonds is 6. The minimum atomic E-state index is -0.211. The lowest BCUT2D eigenvalue weighted by atomic mass is 10.1. The summed E-state index contributed by atoms with van der Waals surface area (Å²) in [5.74, 6) is -0.211. The molecule has 0 bridgehead atoms. The smallest absolute Gasteiger partial charge is 0.137 e. The van der Waals surface area contributed by atoms with Crippen LogP contribution < -0.4 is 5.32 Å². The Hall–Kier alpha value is -0.0600. The topological polar surface area (TPSA) is 12.0 Å². The molecule has 0 spiro atoms. The SMILES string of the molecule is CSC(C)CCNC(C)c1ccc(F)c(Br)c1. The van der Waals surface area contributed by atoms with Gasteiger partial charge in [-0.1, -0.05) is 13.0 Å². The van der Waals surface area contributed by atoms with Gasteiger partial charge in [0.1, 0.15) is 5.82 Å². The lowest BCUT2D eigenvalue weighted by Gasteiger charge is -2.16. The van der Waals surface area contributed by atoms with Gasteiger partial charge in [-0.2, -0.15) is 11.8 Å². The highest BCUT2D eigenvalue weighted by Crippen LogP contribution is 2.21. The zero-order valence-corrected chi connectivity index (χ0v) is 12.9. The van der Waals surface area contributed by atoms with E-state index in [0.29, 0.717) is 9.72 Å². The third kappa shape index (κ3) is 4.98. The molecule has 0 saturated heterocycles. The second-order valence-electron chi connectivity index (χ2n) is 4.18. The first-order valence-corrected chi connectivity index (χ1v) is 7.83. The van der Waals surface area contributed by atoms with Gasteiger partial charge in [-0.25, -0.2) is 4.39 Å². The Morgan fingerprint density at radius 3 is 2.71 bits per heavy atom. The number of hydrogen-bond donors (Lipinski definition) is 1. The average molecular weight is 320 g/mol. The molecule has 0 radical (unpaired) electrons. The average Bonchev–Trinajstić information content (AvgIpc) is 2.32. The van der Waals surface area contributed by atoms with Crippen molar-refractivity contribution in [2.24, 2.45) is 0 Å². The van der Waals surface area contributed by atoms with Crippen LogP contribution in [0, 0.1) is 5.82 Å². The Labute approximate surface area is 116 Å². The summed E-state index contributed by atoms with van der Waals surface area (Å²) in [5, 5.41) is 4.13. The first-order valence-electron chi connectivity index (χ1n) is 5.75. The van der Waals surface area contributed by atoms with Crippen LogP contribution in [0.2, 0.25) is 0 Å². The molecule has 1 rings (SSSR count). The molecule has 1 N–H and O–H groups in total. The van der Waals surface area contributed by atoms with Crippen molar-refractivity contribution < 1.29 is 4.39 Å². The van der Waals surface area contributed by atoms with Gasteiger partial charge in [0.25, 0.3) is 0 Å². The highest BCUT2D eigenvalue weighted by molar-refractivity contribution is 9.10. The highest BCUT2D eigenvalue weighted by Gasteiger charge is 2.08. The Morgan fingerprint density at radius 1 is 1.41 bits per heavy atom. The molecule has 1 nitrogen and oxygen atoms in total. The van der Waals surface area contributed by atoms with E-state index in [1.165, 1.54) is 6.07 Å². The molecule has 0 aliphatic heterocycles. The van der Waals surface area contributed by atoms with Gasteiger partial charge < -0.3 is 5.32 Å². The van der Waals surface area contributed by atoms with Gasteiger partial charge >= 0.3 is 0 Å². The molecule has 0 aliphatic carbocycles. The fourth-order valence-corrected chi connectivity index (χ4v) is 2.27. The van der Waals surface area contributed by atoms with Crippen molar-refractivity contribution >= 4 is 27.7 Å². The van der Waals surface area contributed by atoms with Crippen molar-refractivity contribution in [3.63, 3.8) is 0 Å². The summed E-state index contributed by atoms with van der Waals surface area (Å²) in [4.78, 5) is 0. The van der Waals surface area contributed by atoms with Crippen LogP contribution in [0.3, 0.4) is 0 Å². The van der Waals surface area contributed by atoms with E-state index in [9.17, 15) is 4.39 Å². The lowest BCUT2D eigenvalue weighted by Crippen LogP contribution is -2.21. The van der Waals surface area contributed by atoms with Crippen LogP contribution in [0.4, 0.5) is 4.39 Å². The van der Waals surface area contributed by atoms with Crippen molar-refractivity contribution in [2.45, 2.75) is 31.6 Å². The highest BCUT2D eigenvalue weighted by atomic mass is 79.9. The molecule has 2 atom stereocenters. The van der Waals surface area contributed by atoms with E-state index in [1.807, 2.05) is 23.9 Å². The zero-order chi connectivity index (χ0) is 12.8. The van der Waals surface area contributed by atoms with Gasteiger partial charge in [0.05, 0.1) is 4.47 Å². The largest absolute Gasteiger partial charge is 0.310 e. The molecule has 0 aromatic heterocycles. The van der Waals surface area contributed by atoms with Gasteiger partial charge in [-0.05, 0) is 59.8 Å². The summed E-state index contributed by atoms with van der Waals surface area (Å²) < 4.78 is 13.6. The summed E-state index contributed by atoms with van der Waals surface area (Å²) in [6.45, 7) is 5.31. The van der Waals surface area contributed by atoms with Crippen LogP contribution in [-0.4, -0.2) is 18.1 Å². The van der Waals surface area contributed by atoms with Crippen LogP contribution in [0.5, 0.6) is 0 Å². The van der Waals surface area contributed by atoms with Crippen LogP contribution >= 0.6 is 27.7 Å². The molecule has 0 aliphatic rings. The number of halogens is 2. The first-order chi connectivity index (χ1) is 8.04. The summed E-state index contributed by atoms with van der Waals surface area (Å²) in [6, 6.07) is 5.42. The Balaban J connectivity index is 2.46. The predicted molar refractivity (Wildman–Crippen MR) is 78.1 cm³/mol. The van der Waals surface area contributed by atoms with Crippen molar-refractivity contribution in [2.75, 3.05) is 12.8 Å². The molecule has 4 heteroatoms. The van der Waals surface area contributed by atoms with E-state index in [4.69, 9.17) is 0 Å². The zero-order valence-electron chi connectivity index (χ0n) is 10.5. The summed E-state index contributed by atoms with van der Waals surface area (Å²) in [6.07, 6.45) is 3.28. The van der Waals surface area contributed by atoms with Crippen LogP contribution in [0.15, 0.2) is 22.7 Å².